The summed E-state index contributed by atoms with van der Waals surface area (Å²) >= 11 is 0. The maximum Gasteiger partial charge on any atom is 0.154 e. The van der Waals surface area contributed by atoms with E-state index in [1.807, 2.05) is 35.1 Å². The SMILES string of the molecule is c1cc(NC2CCC3(CNC3)C2)nc(-c2cnc3ccc(-c4cnn(C5CCOCC5)c4)nn23)c1. The van der Waals surface area contributed by atoms with E-state index in [1.165, 1.54) is 19.3 Å². The molecule has 35 heavy (non-hydrogen) atoms. The Morgan fingerprint density at radius 1 is 1.03 bits per heavy atom. The van der Waals surface area contributed by atoms with E-state index in [2.05, 4.69) is 43.7 Å². The maximum absolute atomic E-state index is 5.49. The predicted octanol–water partition coefficient (Wildman–Crippen LogP) is 3.56. The number of nitrogens with zero attached hydrogens (tertiary/aromatic N) is 6. The number of anilines is 1. The summed E-state index contributed by atoms with van der Waals surface area (Å²) in [4.78, 5) is 9.51. The molecule has 3 fully saturated rings. The predicted molar refractivity (Wildman–Crippen MR) is 133 cm³/mol. The molecule has 0 aromatic carbocycles. The van der Waals surface area contributed by atoms with Gasteiger partial charge in [0.05, 0.1) is 29.8 Å². The van der Waals surface area contributed by atoms with Crippen LogP contribution in [0.5, 0.6) is 0 Å². The normalized spacial score (nSPS) is 22.0. The van der Waals surface area contributed by atoms with Crippen LogP contribution < -0.4 is 10.6 Å². The van der Waals surface area contributed by atoms with Crippen LogP contribution in [0.15, 0.2) is 48.9 Å². The molecule has 1 unspecified atom stereocenters. The molecule has 2 saturated heterocycles. The molecule has 7 rings (SSSR count). The number of rotatable bonds is 5. The van der Waals surface area contributed by atoms with Crippen LogP contribution in [0.3, 0.4) is 0 Å². The van der Waals surface area contributed by atoms with E-state index < -0.39 is 0 Å². The molecule has 180 valence electrons. The second-order valence-electron chi connectivity index (χ2n) is 10.3. The Kier molecular flexibility index (Phi) is 5.06. The summed E-state index contributed by atoms with van der Waals surface area (Å²) in [6.07, 6.45) is 11.5. The molecule has 9 heteroatoms. The molecule has 9 nitrogen and oxygen atoms in total. The third kappa shape index (κ3) is 3.88. The average molecular weight is 471 g/mol. The van der Waals surface area contributed by atoms with Gasteiger partial charge in [-0.25, -0.2) is 14.5 Å². The van der Waals surface area contributed by atoms with E-state index >= 15 is 0 Å². The first-order valence-electron chi connectivity index (χ1n) is 12.7. The monoisotopic (exact) mass is 470 g/mol. The van der Waals surface area contributed by atoms with E-state index in [0.29, 0.717) is 17.5 Å². The van der Waals surface area contributed by atoms with Crippen LogP contribution in [0.1, 0.15) is 38.1 Å². The summed E-state index contributed by atoms with van der Waals surface area (Å²) in [5.41, 5.74) is 4.93. The van der Waals surface area contributed by atoms with Gasteiger partial charge in [-0.3, -0.25) is 4.68 Å². The zero-order valence-electron chi connectivity index (χ0n) is 19.7. The van der Waals surface area contributed by atoms with Gasteiger partial charge in [0.1, 0.15) is 11.5 Å². The van der Waals surface area contributed by atoms with Crippen LogP contribution in [0.2, 0.25) is 0 Å². The molecule has 2 aliphatic heterocycles. The van der Waals surface area contributed by atoms with Crippen LogP contribution >= 0.6 is 0 Å². The molecule has 1 atom stereocenters. The third-order valence-corrected chi connectivity index (χ3v) is 7.89. The molecule has 1 saturated carbocycles. The summed E-state index contributed by atoms with van der Waals surface area (Å²) in [7, 11) is 0. The van der Waals surface area contributed by atoms with Gasteiger partial charge in [-0.2, -0.15) is 10.2 Å². The van der Waals surface area contributed by atoms with Crippen molar-refractivity contribution in [2.24, 2.45) is 5.41 Å². The molecule has 2 N–H and O–H groups in total. The molecule has 0 radical (unpaired) electrons. The van der Waals surface area contributed by atoms with Crippen LogP contribution in [-0.4, -0.2) is 61.7 Å². The Hall–Kier alpha value is -3.30. The van der Waals surface area contributed by atoms with Crippen molar-refractivity contribution >= 4 is 11.5 Å². The fraction of sp³-hybridized carbons (Fsp3) is 0.462. The number of hydrogen-bond acceptors (Lipinski definition) is 7. The highest BCUT2D eigenvalue weighted by atomic mass is 16.5. The summed E-state index contributed by atoms with van der Waals surface area (Å²) in [5, 5.41) is 16.7. The summed E-state index contributed by atoms with van der Waals surface area (Å²) in [5.74, 6) is 0.917. The maximum atomic E-state index is 5.49. The van der Waals surface area contributed by atoms with Gasteiger partial charge in [0.2, 0.25) is 0 Å². The van der Waals surface area contributed by atoms with E-state index in [1.54, 1.807) is 0 Å². The van der Waals surface area contributed by atoms with Crippen molar-refractivity contribution in [3.8, 4) is 22.6 Å². The van der Waals surface area contributed by atoms with E-state index in [0.717, 1.165) is 73.3 Å². The third-order valence-electron chi connectivity index (χ3n) is 7.89. The van der Waals surface area contributed by atoms with Crippen LogP contribution in [0.4, 0.5) is 5.82 Å². The minimum absolute atomic E-state index is 0.389. The van der Waals surface area contributed by atoms with Crippen molar-refractivity contribution in [2.45, 2.75) is 44.2 Å². The molecule has 0 bridgehead atoms. The van der Waals surface area contributed by atoms with Gasteiger partial charge >= 0.3 is 0 Å². The second kappa shape index (κ2) is 8.42. The average Bonchev–Trinajstić information content (AvgIpc) is 3.62. The Morgan fingerprint density at radius 3 is 2.77 bits per heavy atom. The highest BCUT2D eigenvalue weighted by Gasteiger charge is 2.43. The van der Waals surface area contributed by atoms with E-state index in [-0.39, 0.29) is 0 Å². The largest absolute Gasteiger partial charge is 0.381 e. The van der Waals surface area contributed by atoms with Gasteiger partial charge in [0.25, 0.3) is 0 Å². The van der Waals surface area contributed by atoms with Gasteiger partial charge in [-0.1, -0.05) is 6.07 Å². The van der Waals surface area contributed by atoms with Crippen molar-refractivity contribution in [1.29, 1.82) is 0 Å². The number of pyridine rings is 1. The van der Waals surface area contributed by atoms with Gasteiger partial charge in [-0.15, -0.1) is 0 Å². The quantitative estimate of drug-likeness (QED) is 0.461. The van der Waals surface area contributed by atoms with Crippen LogP contribution in [-0.2, 0) is 4.74 Å². The molecule has 4 aromatic heterocycles. The van der Waals surface area contributed by atoms with Crippen molar-refractivity contribution in [2.75, 3.05) is 31.6 Å². The first-order valence-corrected chi connectivity index (χ1v) is 12.7. The van der Waals surface area contributed by atoms with Crippen molar-refractivity contribution < 1.29 is 4.74 Å². The smallest absolute Gasteiger partial charge is 0.154 e. The minimum atomic E-state index is 0.389. The van der Waals surface area contributed by atoms with Crippen LogP contribution in [0, 0.1) is 5.41 Å². The van der Waals surface area contributed by atoms with Gasteiger partial charge in [0, 0.05) is 44.1 Å². The lowest BCUT2D eigenvalue weighted by Crippen LogP contribution is -2.52. The highest BCUT2D eigenvalue weighted by molar-refractivity contribution is 5.64. The van der Waals surface area contributed by atoms with Crippen molar-refractivity contribution in [3.05, 3.63) is 48.9 Å². The summed E-state index contributed by atoms with van der Waals surface area (Å²) in [6, 6.07) is 11.0. The van der Waals surface area contributed by atoms with E-state index in [9.17, 15) is 0 Å². The first kappa shape index (κ1) is 21.0. The topological polar surface area (TPSA) is 94.2 Å². The molecule has 4 aromatic rings. The van der Waals surface area contributed by atoms with Crippen molar-refractivity contribution in [1.82, 2.24) is 34.7 Å². The zero-order valence-corrected chi connectivity index (χ0v) is 19.7. The van der Waals surface area contributed by atoms with Gasteiger partial charge in [0.15, 0.2) is 5.65 Å². The Balaban J connectivity index is 1.15. The Morgan fingerprint density at radius 2 is 1.94 bits per heavy atom. The first-order chi connectivity index (χ1) is 17.2. The number of nitrogens with one attached hydrogen (secondary N) is 2. The molecule has 1 aliphatic carbocycles. The Labute approximate surface area is 203 Å². The number of ether oxygens (including phenoxy) is 1. The molecule has 0 amide bonds. The summed E-state index contributed by atoms with van der Waals surface area (Å²) in [6.45, 7) is 3.90. The number of imidazole rings is 1. The molecule has 6 heterocycles. The lowest BCUT2D eigenvalue weighted by Gasteiger charge is -2.39. The number of hydrogen-bond donors (Lipinski definition) is 2. The van der Waals surface area contributed by atoms with Crippen LogP contribution in [0.25, 0.3) is 28.3 Å². The fourth-order valence-electron chi connectivity index (χ4n) is 5.82. The highest BCUT2D eigenvalue weighted by Crippen LogP contribution is 2.42. The molecular weight excluding hydrogens is 440 g/mol. The summed E-state index contributed by atoms with van der Waals surface area (Å²) < 4.78 is 9.44. The number of aromatic nitrogens is 6. The Bertz CT molecular complexity index is 1350. The molecule has 1 spiro atoms. The second-order valence-corrected chi connectivity index (χ2v) is 10.3. The van der Waals surface area contributed by atoms with E-state index in [4.69, 9.17) is 14.8 Å². The number of fused-ring (bicyclic) bond motifs is 1. The van der Waals surface area contributed by atoms with Gasteiger partial charge < -0.3 is 15.4 Å². The van der Waals surface area contributed by atoms with Crippen molar-refractivity contribution in [3.63, 3.8) is 0 Å². The zero-order chi connectivity index (χ0) is 23.2. The standard InChI is InChI=1S/C26H30N8O/c1-2-22(31-24(3-1)30-19-6-9-26(12-19)16-27-17-26)23-14-28-25-5-4-21(32-34(23)25)18-13-29-33(15-18)20-7-10-35-11-8-20/h1-5,13-15,19-20,27H,6-12,16-17H2,(H,30,31). The van der Waals surface area contributed by atoms with Gasteiger partial charge in [-0.05, 0) is 61.8 Å². The minimum Gasteiger partial charge on any atom is -0.381 e. The lowest BCUT2D eigenvalue weighted by atomic mass is 9.80. The fourth-order valence-corrected chi connectivity index (χ4v) is 5.82. The molecular formula is C26H30N8O. The lowest BCUT2D eigenvalue weighted by molar-refractivity contribution is 0.0662. The molecule has 3 aliphatic rings.